The third-order valence-electron chi connectivity index (χ3n) is 2.48. The SMILES string of the molecule is O=CC1(Sc2ccccc2)CCC1. The molecule has 0 spiro atoms. The largest absolute Gasteiger partial charge is 0.302 e. The van der Waals surface area contributed by atoms with Crippen molar-refractivity contribution in [2.24, 2.45) is 0 Å². The fourth-order valence-corrected chi connectivity index (χ4v) is 2.80. The van der Waals surface area contributed by atoms with Crippen LogP contribution < -0.4 is 0 Å². The highest BCUT2D eigenvalue weighted by atomic mass is 32.2. The molecule has 1 fully saturated rings. The topological polar surface area (TPSA) is 17.1 Å². The summed E-state index contributed by atoms with van der Waals surface area (Å²) in [6, 6.07) is 10.2. The van der Waals surface area contributed by atoms with Gasteiger partial charge in [-0.1, -0.05) is 18.2 Å². The van der Waals surface area contributed by atoms with E-state index in [4.69, 9.17) is 0 Å². The summed E-state index contributed by atoms with van der Waals surface area (Å²) in [5, 5.41) is 0. The van der Waals surface area contributed by atoms with Gasteiger partial charge in [0.25, 0.3) is 0 Å². The Kier molecular flexibility index (Phi) is 2.40. The maximum absolute atomic E-state index is 10.9. The lowest BCUT2D eigenvalue weighted by atomic mass is 9.86. The van der Waals surface area contributed by atoms with Crippen LogP contribution in [-0.2, 0) is 4.79 Å². The highest BCUT2D eigenvalue weighted by molar-refractivity contribution is 8.01. The first-order valence-corrected chi connectivity index (χ1v) is 5.37. The standard InChI is InChI=1S/C11H12OS/c12-9-11(7-4-8-11)13-10-5-2-1-3-6-10/h1-3,5-6,9H,4,7-8H2. The Labute approximate surface area is 82.5 Å². The Morgan fingerprint density at radius 1 is 1.23 bits per heavy atom. The number of benzene rings is 1. The van der Waals surface area contributed by atoms with Crippen molar-refractivity contribution in [3.05, 3.63) is 30.3 Å². The molecular formula is C11H12OS. The van der Waals surface area contributed by atoms with E-state index in [1.165, 1.54) is 11.3 Å². The van der Waals surface area contributed by atoms with E-state index in [1.807, 2.05) is 18.2 Å². The zero-order valence-electron chi connectivity index (χ0n) is 7.40. The monoisotopic (exact) mass is 192 g/mol. The van der Waals surface area contributed by atoms with Crippen molar-refractivity contribution in [3.63, 3.8) is 0 Å². The van der Waals surface area contributed by atoms with Gasteiger partial charge < -0.3 is 4.79 Å². The van der Waals surface area contributed by atoms with Crippen LogP contribution in [0.25, 0.3) is 0 Å². The predicted molar refractivity (Wildman–Crippen MR) is 54.9 cm³/mol. The molecule has 0 unspecified atom stereocenters. The summed E-state index contributed by atoms with van der Waals surface area (Å²) in [6.07, 6.45) is 4.39. The van der Waals surface area contributed by atoms with Crippen LogP contribution in [0.4, 0.5) is 0 Å². The van der Waals surface area contributed by atoms with Crippen molar-refractivity contribution in [3.8, 4) is 0 Å². The molecule has 0 radical (unpaired) electrons. The molecule has 2 heteroatoms. The number of carbonyl (C=O) groups is 1. The summed E-state index contributed by atoms with van der Waals surface area (Å²) in [4.78, 5) is 12.1. The smallest absolute Gasteiger partial charge is 0.136 e. The number of hydrogen-bond donors (Lipinski definition) is 0. The number of carbonyl (C=O) groups excluding carboxylic acids is 1. The van der Waals surface area contributed by atoms with E-state index >= 15 is 0 Å². The van der Waals surface area contributed by atoms with Gasteiger partial charge in [0.05, 0.1) is 4.75 Å². The zero-order valence-corrected chi connectivity index (χ0v) is 8.22. The number of rotatable bonds is 3. The Balaban J connectivity index is 2.09. The van der Waals surface area contributed by atoms with Crippen molar-refractivity contribution in [1.82, 2.24) is 0 Å². The normalized spacial score (nSPS) is 19.1. The Hall–Kier alpha value is -0.760. The predicted octanol–water partition coefficient (Wildman–Crippen LogP) is 2.90. The van der Waals surface area contributed by atoms with E-state index in [-0.39, 0.29) is 4.75 Å². The number of aldehydes is 1. The first-order chi connectivity index (χ1) is 6.35. The van der Waals surface area contributed by atoms with Gasteiger partial charge in [0.2, 0.25) is 0 Å². The zero-order chi connectivity index (χ0) is 9.15. The third-order valence-corrected chi connectivity index (χ3v) is 3.90. The van der Waals surface area contributed by atoms with Crippen LogP contribution in [-0.4, -0.2) is 11.0 Å². The van der Waals surface area contributed by atoms with Gasteiger partial charge in [0.1, 0.15) is 6.29 Å². The number of hydrogen-bond acceptors (Lipinski definition) is 2. The van der Waals surface area contributed by atoms with Crippen LogP contribution in [0, 0.1) is 0 Å². The van der Waals surface area contributed by atoms with Gasteiger partial charge >= 0.3 is 0 Å². The molecule has 0 atom stereocenters. The van der Waals surface area contributed by atoms with E-state index in [2.05, 4.69) is 12.1 Å². The molecular weight excluding hydrogens is 180 g/mol. The number of thioether (sulfide) groups is 1. The maximum atomic E-state index is 10.9. The molecule has 0 heterocycles. The van der Waals surface area contributed by atoms with E-state index in [9.17, 15) is 4.79 Å². The van der Waals surface area contributed by atoms with Crippen LogP contribution in [0.3, 0.4) is 0 Å². The van der Waals surface area contributed by atoms with Crippen molar-refractivity contribution in [2.45, 2.75) is 28.9 Å². The second-order valence-electron chi connectivity index (χ2n) is 3.45. The minimum atomic E-state index is -0.0959. The van der Waals surface area contributed by atoms with Crippen LogP contribution in [0.1, 0.15) is 19.3 Å². The van der Waals surface area contributed by atoms with Crippen molar-refractivity contribution >= 4 is 18.0 Å². The van der Waals surface area contributed by atoms with Gasteiger partial charge in [-0.05, 0) is 31.4 Å². The van der Waals surface area contributed by atoms with Crippen molar-refractivity contribution < 1.29 is 4.79 Å². The van der Waals surface area contributed by atoms with Crippen LogP contribution in [0.15, 0.2) is 35.2 Å². The molecule has 1 aliphatic rings. The van der Waals surface area contributed by atoms with E-state index in [0.717, 1.165) is 19.1 Å². The molecule has 1 nitrogen and oxygen atoms in total. The minimum absolute atomic E-state index is 0.0959. The van der Waals surface area contributed by atoms with Gasteiger partial charge in [-0.3, -0.25) is 0 Å². The summed E-state index contributed by atoms with van der Waals surface area (Å²) < 4.78 is -0.0959. The molecule has 0 bridgehead atoms. The second kappa shape index (κ2) is 3.54. The molecule has 13 heavy (non-hydrogen) atoms. The van der Waals surface area contributed by atoms with Gasteiger partial charge in [-0.2, -0.15) is 0 Å². The quantitative estimate of drug-likeness (QED) is 0.685. The van der Waals surface area contributed by atoms with Crippen LogP contribution in [0.2, 0.25) is 0 Å². The maximum Gasteiger partial charge on any atom is 0.136 e. The van der Waals surface area contributed by atoms with E-state index in [1.54, 1.807) is 11.8 Å². The van der Waals surface area contributed by atoms with Gasteiger partial charge in [-0.25, -0.2) is 0 Å². The Morgan fingerprint density at radius 2 is 1.92 bits per heavy atom. The molecule has 1 aromatic carbocycles. The molecule has 0 aliphatic heterocycles. The van der Waals surface area contributed by atoms with Crippen molar-refractivity contribution in [1.29, 1.82) is 0 Å². The molecule has 0 aromatic heterocycles. The summed E-state index contributed by atoms with van der Waals surface area (Å²) in [6.45, 7) is 0. The van der Waals surface area contributed by atoms with E-state index < -0.39 is 0 Å². The Bertz CT molecular complexity index is 290. The molecule has 0 N–H and O–H groups in total. The third kappa shape index (κ3) is 1.78. The average Bonchev–Trinajstić information content (AvgIpc) is 2.13. The first kappa shape index (κ1) is 8.82. The van der Waals surface area contributed by atoms with Gasteiger partial charge in [0, 0.05) is 4.90 Å². The lowest BCUT2D eigenvalue weighted by Gasteiger charge is -2.35. The highest BCUT2D eigenvalue weighted by Gasteiger charge is 2.37. The fourth-order valence-electron chi connectivity index (χ4n) is 1.49. The first-order valence-electron chi connectivity index (χ1n) is 4.55. The average molecular weight is 192 g/mol. The molecule has 1 aromatic rings. The lowest BCUT2D eigenvalue weighted by Crippen LogP contribution is -2.34. The lowest BCUT2D eigenvalue weighted by molar-refractivity contribution is -0.111. The van der Waals surface area contributed by atoms with Gasteiger partial charge in [-0.15, -0.1) is 11.8 Å². The highest BCUT2D eigenvalue weighted by Crippen LogP contribution is 2.45. The molecule has 0 amide bonds. The second-order valence-corrected chi connectivity index (χ2v) is 4.94. The summed E-state index contributed by atoms with van der Waals surface area (Å²) >= 11 is 1.71. The minimum Gasteiger partial charge on any atom is -0.302 e. The molecule has 68 valence electrons. The van der Waals surface area contributed by atoms with Crippen LogP contribution >= 0.6 is 11.8 Å². The summed E-state index contributed by atoms with van der Waals surface area (Å²) in [5.41, 5.74) is 0. The molecule has 1 saturated carbocycles. The summed E-state index contributed by atoms with van der Waals surface area (Å²) in [5.74, 6) is 0. The molecule has 0 saturated heterocycles. The Morgan fingerprint density at radius 3 is 2.38 bits per heavy atom. The fraction of sp³-hybridized carbons (Fsp3) is 0.364. The van der Waals surface area contributed by atoms with E-state index in [0.29, 0.717) is 0 Å². The summed E-state index contributed by atoms with van der Waals surface area (Å²) in [7, 11) is 0. The van der Waals surface area contributed by atoms with Crippen molar-refractivity contribution in [2.75, 3.05) is 0 Å². The molecule has 1 aliphatic carbocycles. The molecule has 2 rings (SSSR count). The van der Waals surface area contributed by atoms with Gasteiger partial charge in [0.15, 0.2) is 0 Å². The van der Waals surface area contributed by atoms with Crippen LogP contribution in [0.5, 0.6) is 0 Å².